The van der Waals surface area contributed by atoms with Crippen molar-refractivity contribution >= 4 is 0 Å². The van der Waals surface area contributed by atoms with E-state index in [9.17, 15) is 0 Å². The molecule has 0 amide bonds. The highest BCUT2D eigenvalue weighted by atomic mass is 16.5. The molecule has 3 unspecified atom stereocenters. The predicted molar refractivity (Wildman–Crippen MR) is 269 cm³/mol. The van der Waals surface area contributed by atoms with E-state index in [1.165, 1.54) is 173 Å². The van der Waals surface area contributed by atoms with Gasteiger partial charge in [0.1, 0.15) is 0 Å². The summed E-state index contributed by atoms with van der Waals surface area (Å²) < 4.78 is 19.0. The normalized spacial score (nSPS) is 28.5. The van der Waals surface area contributed by atoms with E-state index in [0.717, 1.165) is 81.3 Å². The molecule has 0 spiro atoms. The van der Waals surface area contributed by atoms with Gasteiger partial charge in [-0.2, -0.15) is 0 Å². The van der Waals surface area contributed by atoms with Crippen LogP contribution in [-0.2, 0) is 14.2 Å². The van der Waals surface area contributed by atoms with Crippen LogP contribution < -0.4 is 0 Å². The summed E-state index contributed by atoms with van der Waals surface area (Å²) in [6.07, 6.45) is 51.1. The Morgan fingerprint density at radius 2 is 1.35 bits per heavy atom. The number of hydrogen-bond donors (Lipinski definition) is 0. The van der Waals surface area contributed by atoms with Gasteiger partial charge in [-0.15, -0.1) is 0 Å². The molecule has 0 aliphatic heterocycles. The topological polar surface area (TPSA) is 30.9 Å². The first-order valence-electron chi connectivity index (χ1n) is 27.5. The molecule has 0 heterocycles. The van der Waals surface area contributed by atoms with Crippen molar-refractivity contribution in [2.45, 2.75) is 240 Å². The molecule has 3 fully saturated rings. The molecule has 0 N–H and O–H groups in total. The molecule has 9 atom stereocenters. The molecule has 0 saturated heterocycles. The first-order valence-corrected chi connectivity index (χ1v) is 27.5. The fraction of sp³-hybridized carbons (Fsp3) is 0.897. The van der Waals surface area contributed by atoms with Crippen molar-refractivity contribution in [1.29, 1.82) is 0 Å². The van der Waals surface area contributed by atoms with Gasteiger partial charge in [0.25, 0.3) is 0 Å². The van der Waals surface area contributed by atoms with Gasteiger partial charge in [0, 0.05) is 26.4 Å². The van der Waals surface area contributed by atoms with Gasteiger partial charge in [-0.05, 0) is 163 Å². The molecule has 62 heavy (non-hydrogen) atoms. The third-order valence-corrected chi connectivity index (χ3v) is 16.9. The van der Waals surface area contributed by atoms with Crippen molar-refractivity contribution in [1.82, 2.24) is 4.90 Å². The van der Waals surface area contributed by atoms with E-state index < -0.39 is 0 Å². The number of ether oxygens (including phenoxy) is 3. The monoisotopic (exact) mass is 864 g/mol. The second-order valence-electron chi connectivity index (χ2n) is 22.6. The number of allylic oxidation sites excluding steroid dienone is 5. The number of unbranched alkanes of at least 4 members (excludes halogenated alkanes) is 14. The Balaban J connectivity index is 0.980. The van der Waals surface area contributed by atoms with Gasteiger partial charge in [0.15, 0.2) is 0 Å². The summed E-state index contributed by atoms with van der Waals surface area (Å²) in [4.78, 5) is 2.23. The SMILES string of the molecule is CCCCCC=CCC=CCCCCCCCCOC[C@H](CN(C)C)OCCCCCCCCO[C@H]1CC[C@@]2(C)C(=CCC3C2CC[C@@]2(C)C3CC[C@@H]2[C@H](C)CCCC(C)C)C1. The van der Waals surface area contributed by atoms with E-state index in [2.05, 4.69) is 90.9 Å². The van der Waals surface area contributed by atoms with E-state index in [-0.39, 0.29) is 6.10 Å². The van der Waals surface area contributed by atoms with E-state index in [0.29, 0.717) is 16.9 Å². The summed E-state index contributed by atoms with van der Waals surface area (Å²) in [6.45, 7) is 19.4. The minimum atomic E-state index is 0.173. The molecule has 0 bridgehead atoms. The van der Waals surface area contributed by atoms with Crippen LogP contribution in [0.3, 0.4) is 0 Å². The standard InChI is InChI=1S/C58H105NO3/c1-9-10-11-12-13-14-15-16-17-18-19-20-21-22-25-28-42-60-47-52(46-59(7)8)62-44-30-27-24-23-26-29-43-61-51-38-40-57(5)50(45-51)34-35-53-55-37-36-54(49(4)33-31-32-48(2)3)58(55,6)41-39-56(53)57/h13-14,16-17,34,48-49,51-56H,9-12,15,18-33,35-47H2,1-8H3/t49-,51+,52+,53?,54-,55?,56?,57+,58-/m1/s1. The highest BCUT2D eigenvalue weighted by Gasteiger charge is 2.59. The van der Waals surface area contributed by atoms with Gasteiger partial charge < -0.3 is 19.1 Å². The van der Waals surface area contributed by atoms with Gasteiger partial charge in [-0.3, -0.25) is 0 Å². The lowest BCUT2D eigenvalue weighted by molar-refractivity contribution is -0.0641. The van der Waals surface area contributed by atoms with Crippen LogP contribution in [0.25, 0.3) is 0 Å². The largest absolute Gasteiger partial charge is 0.379 e. The van der Waals surface area contributed by atoms with Crippen molar-refractivity contribution in [2.24, 2.45) is 46.3 Å². The zero-order valence-electron chi connectivity index (χ0n) is 42.7. The average Bonchev–Trinajstić information content (AvgIpc) is 3.60. The Labute approximate surface area is 387 Å². The maximum Gasteiger partial charge on any atom is 0.0934 e. The molecule has 4 aliphatic carbocycles. The van der Waals surface area contributed by atoms with Gasteiger partial charge in [-0.1, -0.05) is 161 Å². The fourth-order valence-corrected chi connectivity index (χ4v) is 13.2. The van der Waals surface area contributed by atoms with Crippen LogP contribution in [0.4, 0.5) is 0 Å². The van der Waals surface area contributed by atoms with E-state index in [1.54, 1.807) is 5.57 Å². The second kappa shape index (κ2) is 30.4. The minimum Gasteiger partial charge on any atom is -0.379 e. The number of likely N-dealkylation sites (N-methyl/N-ethyl adjacent to an activating group) is 1. The molecule has 360 valence electrons. The van der Waals surface area contributed by atoms with Gasteiger partial charge in [-0.25, -0.2) is 0 Å². The molecule has 4 aliphatic rings. The smallest absolute Gasteiger partial charge is 0.0934 e. The van der Waals surface area contributed by atoms with Crippen molar-refractivity contribution < 1.29 is 14.2 Å². The van der Waals surface area contributed by atoms with E-state index in [4.69, 9.17) is 14.2 Å². The quantitative estimate of drug-likeness (QED) is 0.0469. The number of hydrogen-bond acceptors (Lipinski definition) is 4. The number of fused-ring (bicyclic) bond motifs is 5. The van der Waals surface area contributed by atoms with Crippen LogP contribution in [0.15, 0.2) is 36.0 Å². The summed E-state index contributed by atoms with van der Waals surface area (Å²) in [5, 5.41) is 0. The van der Waals surface area contributed by atoms with Crippen LogP contribution in [-0.4, -0.2) is 64.2 Å². The molecule has 4 rings (SSSR count). The number of rotatable bonds is 35. The molecule has 3 saturated carbocycles. The molecular formula is C58H105NO3. The molecule has 0 aromatic heterocycles. The molecule has 0 radical (unpaired) electrons. The van der Waals surface area contributed by atoms with Crippen LogP contribution in [0.1, 0.15) is 228 Å². The summed E-state index contributed by atoms with van der Waals surface area (Å²) in [5.41, 5.74) is 2.79. The maximum atomic E-state index is 6.61. The Morgan fingerprint density at radius 1 is 0.694 bits per heavy atom. The second-order valence-corrected chi connectivity index (χ2v) is 22.6. The first-order chi connectivity index (χ1) is 30.1. The fourth-order valence-electron chi connectivity index (χ4n) is 13.2. The van der Waals surface area contributed by atoms with Gasteiger partial charge in [0.2, 0.25) is 0 Å². The van der Waals surface area contributed by atoms with Crippen molar-refractivity contribution in [3.8, 4) is 0 Å². The lowest BCUT2D eigenvalue weighted by Crippen LogP contribution is -2.51. The van der Waals surface area contributed by atoms with Crippen LogP contribution >= 0.6 is 0 Å². The third kappa shape index (κ3) is 18.4. The van der Waals surface area contributed by atoms with Gasteiger partial charge >= 0.3 is 0 Å². The molecule has 0 aromatic rings. The molecule has 0 aromatic carbocycles. The zero-order chi connectivity index (χ0) is 44.5. The zero-order valence-corrected chi connectivity index (χ0v) is 42.7. The number of nitrogens with zero attached hydrogens (tertiary/aromatic N) is 1. The Morgan fingerprint density at radius 3 is 2.05 bits per heavy atom. The Bertz CT molecular complexity index is 1240. The Kier molecular flexibility index (Phi) is 26.3. The van der Waals surface area contributed by atoms with Crippen molar-refractivity contribution in [3.05, 3.63) is 36.0 Å². The predicted octanol–water partition coefficient (Wildman–Crippen LogP) is 16.5. The van der Waals surface area contributed by atoms with Crippen LogP contribution in [0.5, 0.6) is 0 Å². The summed E-state index contributed by atoms with van der Waals surface area (Å²) >= 11 is 0. The van der Waals surface area contributed by atoms with E-state index in [1.807, 2.05) is 0 Å². The van der Waals surface area contributed by atoms with Crippen molar-refractivity contribution in [2.75, 3.05) is 47.1 Å². The third-order valence-electron chi connectivity index (χ3n) is 16.9. The van der Waals surface area contributed by atoms with Gasteiger partial charge in [0.05, 0.1) is 18.8 Å². The molecule has 4 nitrogen and oxygen atoms in total. The highest BCUT2D eigenvalue weighted by molar-refractivity contribution is 5.25. The molecule has 4 heteroatoms. The summed E-state index contributed by atoms with van der Waals surface area (Å²) in [5.74, 6) is 5.49. The average molecular weight is 864 g/mol. The summed E-state index contributed by atoms with van der Waals surface area (Å²) in [6, 6.07) is 0. The summed E-state index contributed by atoms with van der Waals surface area (Å²) in [7, 11) is 4.28. The first kappa shape index (κ1) is 53.7. The maximum absolute atomic E-state index is 6.61. The minimum absolute atomic E-state index is 0.173. The lowest BCUT2D eigenvalue weighted by atomic mass is 9.47. The molecular weight excluding hydrogens is 759 g/mol. The van der Waals surface area contributed by atoms with Crippen molar-refractivity contribution in [3.63, 3.8) is 0 Å². The van der Waals surface area contributed by atoms with Crippen LogP contribution in [0, 0.1) is 46.3 Å². The van der Waals surface area contributed by atoms with Crippen LogP contribution in [0.2, 0.25) is 0 Å². The lowest BCUT2D eigenvalue weighted by Gasteiger charge is -2.58. The van der Waals surface area contributed by atoms with E-state index >= 15 is 0 Å². The highest BCUT2D eigenvalue weighted by Crippen LogP contribution is 2.67. The Hall–Kier alpha value is -0.940.